The fourth-order valence-corrected chi connectivity index (χ4v) is 3.95. The van der Waals surface area contributed by atoms with E-state index in [1.54, 1.807) is 0 Å². The van der Waals surface area contributed by atoms with Gasteiger partial charge < -0.3 is 5.11 Å². The van der Waals surface area contributed by atoms with E-state index in [0.29, 0.717) is 23.7 Å². The number of hydrazine groups is 1. The second-order valence-electron chi connectivity index (χ2n) is 7.75. The molecule has 2 aromatic rings. The lowest BCUT2D eigenvalue weighted by Gasteiger charge is -2.26. The third-order valence-electron chi connectivity index (χ3n) is 5.40. The number of carbonyl (C=O) groups is 2. The van der Waals surface area contributed by atoms with Gasteiger partial charge in [-0.25, -0.2) is 5.01 Å². The number of halogens is 1. The van der Waals surface area contributed by atoms with Crippen LogP contribution in [0.15, 0.2) is 24.3 Å². The maximum absolute atomic E-state index is 12.9. The van der Waals surface area contributed by atoms with Gasteiger partial charge >= 0.3 is 5.97 Å². The van der Waals surface area contributed by atoms with Crippen LogP contribution < -0.4 is 5.43 Å². The molecule has 0 aliphatic carbocycles. The molecule has 1 aromatic carbocycles. The number of carbonyl (C=O) groups excluding carboxylic acids is 1. The second-order valence-corrected chi connectivity index (χ2v) is 8.18. The largest absolute Gasteiger partial charge is 0.481 e. The van der Waals surface area contributed by atoms with Crippen molar-refractivity contribution < 1.29 is 14.7 Å². The molecule has 0 spiro atoms. The number of hydrogen-bond acceptors (Lipinski definition) is 4. The van der Waals surface area contributed by atoms with E-state index < -0.39 is 5.97 Å². The number of aliphatic carboxylic acids is 1. The average molecular weight is 433 g/mol. The van der Waals surface area contributed by atoms with Crippen molar-refractivity contribution >= 4 is 23.5 Å². The summed E-state index contributed by atoms with van der Waals surface area (Å²) in [4.78, 5) is 23.6. The van der Waals surface area contributed by atoms with Crippen LogP contribution in [0.5, 0.6) is 0 Å². The highest BCUT2D eigenvalue weighted by atomic mass is 35.5. The maximum Gasteiger partial charge on any atom is 0.303 e. The van der Waals surface area contributed by atoms with Crippen molar-refractivity contribution in [1.82, 2.24) is 20.2 Å². The number of nitrogens with zero attached hydrogens (tertiary/aromatic N) is 3. The van der Waals surface area contributed by atoms with Gasteiger partial charge in [-0.05, 0) is 44.7 Å². The molecule has 0 radical (unpaired) electrons. The summed E-state index contributed by atoms with van der Waals surface area (Å²) in [6.07, 6.45) is 5.76. The Morgan fingerprint density at radius 2 is 1.80 bits per heavy atom. The summed E-state index contributed by atoms with van der Waals surface area (Å²) in [5.41, 5.74) is 6.10. The van der Waals surface area contributed by atoms with E-state index in [2.05, 4.69) is 10.5 Å². The van der Waals surface area contributed by atoms with E-state index in [1.165, 1.54) is 6.42 Å². The normalized spacial score (nSPS) is 14.6. The van der Waals surface area contributed by atoms with E-state index in [4.69, 9.17) is 16.7 Å². The van der Waals surface area contributed by atoms with Gasteiger partial charge in [0.05, 0.1) is 5.69 Å². The number of carboxylic acids is 1. The highest BCUT2D eigenvalue weighted by Gasteiger charge is 2.23. The molecule has 8 heteroatoms. The van der Waals surface area contributed by atoms with Crippen LogP contribution in [0.1, 0.15) is 61.0 Å². The topological polar surface area (TPSA) is 87.5 Å². The summed E-state index contributed by atoms with van der Waals surface area (Å²) >= 11 is 6.05. The van der Waals surface area contributed by atoms with Crippen molar-refractivity contribution in [2.45, 2.75) is 58.4 Å². The molecule has 1 aromatic heterocycles. The van der Waals surface area contributed by atoms with E-state index >= 15 is 0 Å². The Hall–Kier alpha value is -2.38. The molecule has 1 aliphatic rings. The van der Waals surface area contributed by atoms with Gasteiger partial charge in [-0.3, -0.25) is 19.7 Å². The van der Waals surface area contributed by atoms with Gasteiger partial charge in [0.25, 0.3) is 5.91 Å². The Morgan fingerprint density at radius 1 is 1.10 bits per heavy atom. The SMILES string of the molecule is Cc1c(C(=O)NN2CCCCC2)nn(CCCCCC(=O)O)c1-c1ccc(Cl)cc1. The summed E-state index contributed by atoms with van der Waals surface area (Å²) in [7, 11) is 0. The lowest BCUT2D eigenvalue weighted by molar-refractivity contribution is -0.137. The molecule has 0 atom stereocenters. The first-order valence-corrected chi connectivity index (χ1v) is 10.9. The summed E-state index contributed by atoms with van der Waals surface area (Å²) in [6, 6.07) is 7.52. The van der Waals surface area contributed by atoms with Crippen LogP contribution in [-0.4, -0.2) is 44.9 Å². The predicted molar refractivity (Wildman–Crippen MR) is 116 cm³/mol. The maximum atomic E-state index is 12.9. The molecule has 0 saturated carbocycles. The Bertz CT molecular complexity index is 873. The summed E-state index contributed by atoms with van der Waals surface area (Å²) in [6.45, 7) is 4.26. The number of hydrogen-bond donors (Lipinski definition) is 2. The Labute approximate surface area is 182 Å². The van der Waals surface area contributed by atoms with Crippen molar-refractivity contribution in [3.05, 3.63) is 40.5 Å². The number of aryl methyl sites for hydroxylation is 1. The van der Waals surface area contributed by atoms with Gasteiger partial charge in [0.1, 0.15) is 0 Å². The molecule has 7 nitrogen and oxygen atoms in total. The van der Waals surface area contributed by atoms with Crippen LogP contribution >= 0.6 is 11.6 Å². The number of aromatic nitrogens is 2. The number of piperidine rings is 1. The number of unbranched alkanes of at least 4 members (excludes halogenated alkanes) is 2. The minimum atomic E-state index is -0.775. The summed E-state index contributed by atoms with van der Waals surface area (Å²) in [5.74, 6) is -0.960. The number of benzene rings is 1. The standard InChI is InChI=1S/C22H29ClN4O3/c1-16-20(22(30)25-26-13-5-3-6-14-26)24-27(15-7-2-4-8-19(28)29)21(16)17-9-11-18(23)12-10-17/h9-12H,2-8,13-15H2,1H3,(H,25,30)(H,28,29). The van der Waals surface area contributed by atoms with Crippen molar-refractivity contribution in [2.75, 3.05) is 13.1 Å². The molecule has 1 aliphatic heterocycles. The average Bonchev–Trinajstić information content (AvgIpc) is 3.05. The van der Waals surface area contributed by atoms with Crippen LogP contribution in [0.25, 0.3) is 11.3 Å². The van der Waals surface area contributed by atoms with Crippen LogP contribution in [0.2, 0.25) is 5.02 Å². The fraction of sp³-hybridized carbons (Fsp3) is 0.500. The number of rotatable bonds is 9. The van der Waals surface area contributed by atoms with Crippen molar-refractivity contribution in [2.24, 2.45) is 0 Å². The summed E-state index contributed by atoms with van der Waals surface area (Å²) in [5, 5.41) is 16.1. The van der Waals surface area contributed by atoms with Gasteiger partial charge in [-0.1, -0.05) is 36.6 Å². The Morgan fingerprint density at radius 3 is 2.47 bits per heavy atom. The lowest BCUT2D eigenvalue weighted by Crippen LogP contribution is -2.45. The molecule has 2 heterocycles. The van der Waals surface area contributed by atoms with Crippen molar-refractivity contribution in [3.63, 3.8) is 0 Å². The van der Waals surface area contributed by atoms with E-state index in [9.17, 15) is 9.59 Å². The third-order valence-corrected chi connectivity index (χ3v) is 5.65. The zero-order valence-electron chi connectivity index (χ0n) is 17.4. The molecule has 3 rings (SSSR count). The van der Waals surface area contributed by atoms with Crippen LogP contribution in [0.3, 0.4) is 0 Å². The van der Waals surface area contributed by atoms with E-state index in [-0.39, 0.29) is 12.3 Å². The Balaban J connectivity index is 1.79. The number of nitrogens with one attached hydrogen (secondary N) is 1. The molecule has 30 heavy (non-hydrogen) atoms. The molecule has 0 unspecified atom stereocenters. The van der Waals surface area contributed by atoms with E-state index in [0.717, 1.165) is 55.6 Å². The lowest BCUT2D eigenvalue weighted by atomic mass is 10.1. The second kappa shape index (κ2) is 10.6. The van der Waals surface area contributed by atoms with Crippen LogP contribution in [0, 0.1) is 6.92 Å². The smallest absolute Gasteiger partial charge is 0.303 e. The third kappa shape index (κ3) is 5.83. The minimum Gasteiger partial charge on any atom is -0.481 e. The molecule has 2 N–H and O–H groups in total. The molecule has 1 saturated heterocycles. The number of carboxylic acid groups (broad SMARTS) is 1. The first-order valence-electron chi connectivity index (χ1n) is 10.6. The zero-order chi connectivity index (χ0) is 21.5. The molecule has 0 bridgehead atoms. The van der Waals surface area contributed by atoms with Gasteiger partial charge in [0.2, 0.25) is 0 Å². The monoisotopic (exact) mass is 432 g/mol. The van der Waals surface area contributed by atoms with Crippen LogP contribution in [0.4, 0.5) is 0 Å². The quantitative estimate of drug-likeness (QED) is 0.577. The van der Waals surface area contributed by atoms with Gasteiger partial charge in [-0.15, -0.1) is 0 Å². The van der Waals surface area contributed by atoms with Crippen molar-refractivity contribution in [1.29, 1.82) is 0 Å². The molecular formula is C22H29ClN4O3. The summed E-state index contributed by atoms with van der Waals surface area (Å²) < 4.78 is 1.87. The highest BCUT2D eigenvalue weighted by Crippen LogP contribution is 2.28. The minimum absolute atomic E-state index is 0.172. The molecule has 162 valence electrons. The van der Waals surface area contributed by atoms with Crippen molar-refractivity contribution in [3.8, 4) is 11.3 Å². The van der Waals surface area contributed by atoms with Crippen LogP contribution in [-0.2, 0) is 11.3 Å². The molecule has 1 amide bonds. The molecule has 1 fully saturated rings. The van der Waals surface area contributed by atoms with Gasteiger partial charge in [0.15, 0.2) is 5.69 Å². The van der Waals surface area contributed by atoms with Gasteiger partial charge in [0, 0.05) is 42.2 Å². The van der Waals surface area contributed by atoms with Gasteiger partial charge in [-0.2, -0.15) is 5.10 Å². The zero-order valence-corrected chi connectivity index (χ0v) is 18.1. The fourth-order valence-electron chi connectivity index (χ4n) is 3.82. The first kappa shape index (κ1) is 22.3. The predicted octanol–water partition coefficient (Wildman–Crippen LogP) is 4.29. The first-order chi connectivity index (χ1) is 14.5. The Kier molecular flexibility index (Phi) is 7.87. The molecular weight excluding hydrogens is 404 g/mol. The highest BCUT2D eigenvalue weighted by molar-refractivity contribution is 6.30. The van der Waals surface area contributed by atoms with E-state index in [1.807, 2.05) is 40.9 Å². The number of amides is 1.